The van der Waals surface area contributed by atoms with Crippen molar-refractivity contribution in [2.75, 3.05) is 12.4 Å². The van der Waals surface area contributed by atoms with Crippen LogP contribution in [0.1, 0.15) is 30.9 Å². The Hall–Kier alpha value is -3.48. The molecule has 3 aromatic rings. The SMILES string of the molecule is COc1ccc(-c2nc3n(n2)[C@H](c2ccc(F)cc2)C2=C(CCCC2=O)N3)cc1. The van der Waals surface area contributed by atoms with E-state index in [0.717, 1.165) is 35.4 Å². The standard InChI is InChI=1S/C22H19FN4O2/c1-29-16-11-7-14(8-12-16)21-25-22-24-17-3-2-4-18(28)19(17)20(27(22)26-21)13-5-9-15(23)10-6-13/h5-12,20H,2-4H2,1H3,(H,24,25,26)/t20-/m1/s1. The van der Waals surface area contributed by atoms with E-state index in [1.54, 1.807) is 23.9 Å². The number of nitrogens with one attached hydrogen (secondary N) is 1. The van der Waals surface area contributed by atoms with Crippen LogP contribution in [0, 0.1) is 5.82 Å². The highest BCUT2D eigenvalue weighted by Crippen LogP contribution is 2.40. The van der Waals surface area contributed by atoms with Gasteiger partial charge in [-0.1, -0.05) is 12.1 Å². The molecule has 0 radical (unpaired) electrons. The number of allylic oxidation sites excluding steroid dienone is 2. The number of hydrogen-bond donors (Lipinski definition) is 1. The quantitative estimate of drug-likeness (QED) is 0.729. The average Bonchev–Trinajstić information content (AvgIpc) is 3.17. The normalized spacial score (nSPS) is 18.1. The molecule has 7 heteroatoms. The van der Waals surface area contributed by atoms with Crippen LogP contribution >= 0.6 is 0 Å². The van der Waals surface area contributed by atoms with E-state index in [-0.39, 0.29) is 11.6 Å². The van der Waals surface area contributed by atoms with E-state index >= 15 is 0 Å². The summed E-state index contributed by atoms with van der Waals surface area (Å²) in [5, 5.41) is 8.01. The van der Waals surface area contributed by atoms with Crippen molar-refractivity contribution >= 4 is 11.7 Å². The van der Waals surface area contributed by atoms with Gasteiger partial charge in [0.2, 0.25) is 5.95 Å². The molecule has 0 spiro atoms. The topological polar surface area (TPSA) is 69.0 Å². The van der Waals surface area contributed by atoms with Crippen molar-refractivity contribution in [2.45, 2.75) is 25.3 Å². The van der Waals surface area contributed by atoms with Gasteiger partial charge >= 0.3 is 0 Å². The number of ether oxygens (including phenoxy) is 1. The summed E-state index contributed by atoms with van der Waals surface area (Å²) in [6.07, 6.45) is 2.09. The van der Waals surface area contributed by atoms with Crippen molar-refractivity contribution < 1.29 is 13.9 Å². The summed E-state index contributed by atoms with van der Waals surface area (Å²) < 4.78 is 20.5. The van der Waals surface area contributed by atoms with Crippen molar-refractivity contribution in [2.24, 2.45) is 0 Å². The second-order valence-corrected chi connectivity index (χ2v) is 7.18. The minimum Gasteiger partial charge on any atom is -0.497 e. The number of halogens is 1. The van der Waals surface area contributed by atoms with Gasteiger partial charge in [-0.3, -0.25) is 4.79 Å². The molecule has 6 nitrogen and oxygen atoms in total. The highest BCUT2D eigenvalue weighted by molar-refractivity contribution is 5.99. The summed E-state index contributed by atoms with van der Waals surface area (Å²) >= 11 is 0. The highest BCUT2D eigenvalue weighted by Gasteiger charge is 2.36. The molecule has 5 rings (SSSR count). The molecule has 29 heavy (non-hydrogen) atoms. The number of carbonyl (C=O) groups is 1. The lowest BCUT2D eigenvalue weighted by Crippen LogP contribution is -2.31. The van der Waals surface area contributed by atoms with E-state index in [9.17, 15) is 9.18 Å². The first kappa shape index (κ1) is 17.6. The third-order valence-corrected chi connectivity index (χ3v) is 5.40. The van der Waals surface area contributed by atoms with E-state index in [2.05, 4.69) is 10.3 Å². The molecule has 2 aromatic carbocycles. The number of anilines is 1. The molecule has 0 saturated carbocycles. The van der Waals surface area contributed by atoms with Crippen molar-refractivity contribution in [3.05, 3.63) is 71.2 Å². The number of ketones is 1. The number of Topliss-reactive ketones (excluding diaryl/α,β-unsaturated/α-hetero) is 1. The molecule has 0 fully saturated rings. The summed E-state index contributed by atoms with van der Waals surface area (Å²) in [4.78, 5) is 17.5. The largest absolute Gasteiger partial charge is 0.497 e. The van der Waals surface area contributed by atoms with Crippen LogP contribution in [0.25, 0.3) is 11.4 Å². The van der Waals surface area contributed by atoms with Crippen LogP contribution in [0.2, 0.25) is 0 Å². The number of rotatable bonds is 3. The smallest absolute Gasteiger partial charge is 0.226 e. The predicted octanol–water partition coefficient (Wildman–Crippen LogP) is 4.11. The molecule has 2 heterocycles. The Morgan fingerprint density at radius 3 is 2.59 bits per heavy atom. The third kappa shape index (κ3) is 2.99. The van der Waals surface area contributed by atoms with Gasteiger partial charge in [-0.2, -0.15) is 4.98 Å². The van der Waals surface area contributed by atoms with Crippen LogP contribution in [0.5, 0.6) is 5.75 Å². The van der Waals surface area contributed by atoms with Crippen molar-refractivity contribution in [3.8, 4) is 17.1 Å². The Balaban J connectivity index is 1.63. The number of hydrogen-bond acceptors (Lipinski definition) is 5. The van der Waals surface area contributed by atoms with Gasteiger partial charge in [0, 0.05) is 23.3 Å². The Morgan fingerprint density at radius 2 is 1.86 bits per heavy atom. The van der Waals surface area contributed by atoms with E-state index in [1.807, 2.05) is 24.3 Å². The third-order valence-electron chi connectivity index (χ3n) is 5.40. The van der Waals surface area contributed by atoms with Gasteiger partial charge in [0.05, 0.1) is 7.11 Å². The Kier molecular flexibility index (Phi) is 4.16. The Morgan fingerprint density at radius 1 is 1.10 bits per heavy atom. The molecule has 1 aromatic heterocycles. The Labute approximate surface area is 167 Å². The fraction of sp³-hybridized carbons (Fsp3) is 0.227. The molecule has 1 N–H and O–H groups in total. The molecular weight excluding hydrogens is 371 g/mol. The molecule has 0 bridgehead atoms. The summed E-state index contributed by atoms with van der Waals surface area (Å²) in [7, 11) is 1.62. The van der Waals surface area contributed by atoms with Gasteiger partial charge in [0.1, 0.15) is 17.6 Å². The first-order valence-corrected chi connectivity index (χ1v) is 9.54. The first-order chi connectivity index (χ1) is 14.1. The van der Waals surface area contributed by atoms with E-state index in [0.29, 0.717) is 23.8 Å². The number of carbonyl (C=O) groups excluding carboxylic acids is 1. The molecule has 0 unspecified atom stereocenters. The number of benzene rings is 2. The number of methoxy groups -OCH3 is 1. The Bertz CT molecular complexity index is 1120. The van der Waals surface area contributed by atoms with Crippen molar-refractivity contribution in [1.82, 2.24) is 14.8 Å². The summed E-state index contributed by atoms with van der Waals surface area (Å²) in [5.74, 6) is 1.67. The van der Waals surface area contributed by atoms with E-state index in [4.69, 9.17) is 9.84 Å². The maximum atomic E-state index is 13.5. The monoisotopic (exact) mass is 390 g/mol. The fourth-order valence-corrected chi connectivity index (χ4v) is 3.97. The minimum absolute atomic E-state index is 0.0974. The van der Waals surface area contributed by atoms with Crippen LogP contribution in [-0.2, 0) is 4.79 Å². The van der Waals surface area contributed by atoms with Crippen LogP contribution < -0.4 is 10.1 Å². The predicted molar refractivity (Wildman–Crippen MR) is 106 cm³/mol. The maximum absolute atomic E-state index is 13.5. The number of nitrogens with zero attached hydrogens (tertiary/aromatic N) is 3. The van der Waals surface area contributed by atoms with E-state index < -0.39 is 6.04 Å². The lowest BCUT2D eigenvalue weighted by Gasteiger charge is -2.32. The number of fused-ring (bicyclic) bond motifs is 1. The lowest BCUT2D eigenvalue weighted by atomic mass is 9.85. The van der Waals surface area contributed by atoms with Crippen LogP contribution in [0.3, 0.4) is 0 Å². The van der Waals surface area contributed by atoms with Gasteiger partial charge in [-0.05, 0) is 54.8 Å². The summed E-state index contributed by atoms with van der Waals surface area (Å²) in [6.45, 7) is 0. The second kappa shape index (κ2) is 6.84. The minimum atomic E-state index is -0.422. The zero-order valence-electron chi connectivity index (χ0n) is 15.9. The zero-order valence-corrected chi connectivity index (χ0v) is 15.9. The summed E-state index contributed by atoms with van der Waals surface area (Å²) in [6, 6.07) is 13.3. The first-order valence-electron chi connectivity index (χ1n) is 9.54. The van der Waals surface area contributed by atoms with Gasteiger partial charge in [0.25, 0.3) is 0 Å². The second-order valence-electron chi connectivity index (χ2n) is 7.18. The van der Waals surface area contributed by atoms with Gasteiger partial charge < -0.3 is 10.1 Å². The van der Waals surface area contributed by atoms with Gasteiger partial charge in [0.15, 0.2) is 11.6 Å². The van der Waals surface area contributed by atoms with Crippen molar-refractivity contribution in [1.29, 1.82) is 0 Å². The molecule has 1 aliphatic heterocycles. The van der Waals surface area contributed by atoms with E-state index in [1.165, 1.54) is 12.1 Å². The molecule has 2 aliphatic rings. The molecule has 0 saturated heterocycles. The maximum Gasteiger partial charge on any atom is 0.226 e. The fourth-order valence-electron chi connectivity index (χ4n) is 3.97. The van der Waals surface area contributed by atoms with Crippen LogP contribution in [0.4, 0.5) is 10.3 Å². The molecule has 146 valence electrons. The summed E-state index contributed by atoms with van der Waals surface area (Å²) in [5.41, 5.74) is 3.23. The van der Waals surface area contributed by atoms with Gasteiger partial charge in [-0.25, -0.2) is 9.07 Å². The number of aromatic nitrogens is 3. The van der Waals surface area contributed by atoms with Crippen LogP contribution in [0.15, 0.2) is 59.8 Å². The molecule has 1 aliphatic carbocycles. The molecule has 0 amide bonds. The van der Waals surface area contributed by atoms with Gasteiger partial charge in [-0.15, -0.1) is 5.10 Å². The van der Waals surface area contributed by atoms with Crippen molar-refractivity contribution in [3.63, 3.8) is 0 Å². The lowest BCUT2D eigenvalue weighted by molar-refractivity contribution is -0.116. The highest BCUT2D eigenvalue weighted by atomic mass is 19.1. The van der Waals surface area contributed by atoms with Crippen LogP contribution in [-0.4, -0.2) is 27.7 Å². The zero-order chi connectivity index (χ0) is 20.0. The average molecular weight is 390 g/mol. The molecular formula is C22H19FN4O2. The molecule has 1 atom stereocenters.